The lowest BCUT2D eigenvalue weighted by atomic mass is 10.2. The van der Waals surface area contributed by atoms with Gasteiger partial charge in [-0.2, -0.15) is 5.10 Å². The van der Waals surface area contributed by atoms with Crippen LogP contribution in [0.5, 0.6) is 5.75 Å². The smallest absolute Gasteiger partial charge is 0.264 e. The maximum atomic E-state index is 13.4. The molecule has 32 heavy (non-hydrogen) atoms. The van der Waals surface area contributed by atoms with Crippen LogP contribution in [0.4, 0.5) is 5.69 Å². The van der Waals surface area contributed by atoms with E-state index in [1.807, 2.05) is 6.92 Å². The molecular weight excluding hydrogens is 450 g/mol. The molecular formula is C23H22ClN3O4S. The number of halogens is 1. The van der Waals surface area contributed by atoms with Crippen LogP contribution in [0.25, 0.3) is 0 Å². The van der Waals surface area contributed by atoms with E-state index in [1.165, 1.54) is 25.5 Å². The van der Waals surface area contributed by atoms with Crippen LogP contribution >= 0.6 is 11.6 Å². The summed E-state index contributed by atoms with van der Waals surface area (Å²) < 4.78 is 33.2. The number of amides is 1. The Morgan fingerprint density at radius 3 is 2.47 bits per heavy atom. The third-order valence-corrected chi connectivity index (χ3v) is 6.64. The number of hydrazone groups is 1. The SMILES string of the molecule is COc1ccc(C)cc1N(CC(=O)N/N=C\c1ccccc1Cl)S(=O)(=O)c1ccccc1. The predicted octanol–water partition coefficient (Wildman–Crippen LogP) is 4.00. The fourth-order valence-corrected chi connectivity index (χ4v) is 4.56. The second-order valence-corrected chi connectivity index (χ2v) is 9.08. The van der Waals surface area contributed by atoms with Crippen LogP contribution in [0.15, 0.2) is 82.8 Å². The van der Waals surface area contributed by atoms with Gasteiger partial charge in [0.25, 0.3) is 15.9 Å². The van der Waals surface area contributed by atoms with Crippen LogP contribution in [0.1, 0.15) is 11.1 Å². The minimum Gasteiger partial charge on any atom is -0.495 e. The molecule has 3 aromatic rings. The molecule has 3 rings (SSSR count). The first-order chi connectivity index (χ1) is 15.3. The van der Waals surface area contributed by atoms with Crippen molar-refractivity contribution < 1.29 is 17.9 Å². The van der Waals surface area contributed by atoms with Crippen LogP contribution in [0.3, 0.4) is 0 Å². The van der Waals surface area contributed by atoms with E-state index < -0.39 is 22.5 Å². The molecule has 0 heterocycles. The number of nitrogens with one attached hydrogen (secondary N) is 1. The topological polar surface area (TPSA) is 88.1 Å². The Balaban J connectivity index is 1.92. The summed E-state index contributed by atoms with van der Waals surface area (Å²) in [4.78, 5) is 12.7. The van der Waals surface area contributed by atoms with Gasteiger partial charge in [0.05, 0.1) is 23.9 Å². The lowest BCUT2D eigenvalue weighted by molar-refractivity contribution is -0.119. The number of benzene rings is 3. The van der Waals surface area contributed by atoms with Gasteiger partial charge >= 0.3 is 0 Å². The molecule has 0 saturated carbocycles. The number of carbonyl (C=O) groups is 1. The first kappa shape index (κ1) is 23.3. The fourth-order valence-electron chi connectivity index (χ4n) is 2.93. The van der Waals surface area contributed by atoms with Crippen molar-refractivity contribution in [2.24, 2.45) is 5.10 Å². The molecule has 1 amide bonds. The summed E-state index contributed by atoms with van der Waals surface area (Å²) in [5, 5.41) is 4.38. The molecule has 1 N–H and O–H groups in total. The molecule has 0 spiro atoms. The normalized spacial score (nSPS) is 11.3. The molecule has 0 saturated heterocycles. The second-order valence-electron chi connectivity index (χ2n) is 6.81. The van der Waals surface area contributed by atoms with Crippen molar-refractivity contribution in [3.05, 3.63) is 88.9 Å². The molecule has 0 aliphatic rings. The zero-order chi connectivity index (χ0) is 23.1. The van der Waals surface area contributed by atoms with E-state index >= 15 is 0 Å². The van der Waals surface area contributed by atoms with Gasteiger partial charge in [-0.25, -0.2) is 13.8 Å². The molecule has 0 bridgehead atoms. The van der Waals surface area contributed by atoms with E-state index in [4.69, 9.17) is 16.3 Å². The van der Waals surface area contributed by atoms with Crippen LogP contribution in [0.2, 0.25) is 5.02 Å². The van der Waals surface area contributed by atoms with Crippen molar-refractivity contribution in [1.82, 2.24) is 5.43 Å². The van der Waals surface area contributed by atoms with Gasteiger partial charge < -0.3 is 4.74 Å². The molecule has 166 valence electrons. The summed E-state index contributed by atoms with van der Waals surface area (Å²) >= 11 is 6.07. The Morgan fingerprint density at radius 2 is 1.78 bits per heavy atom. The van der Waals surface area contributed by atoms with Gasteiger partial charge in [0.1, 0.15) is 12.3 Å². The number of ether oxygens (including phenoxy) is 1. The first-order valence-corrected chi connectivity index (χ1v) is 11.4. The van der Waals surface area contributed by atoms with Crippen LogP contribution in [-0.2, 0) is 14.8 Å². The maximum Gasteiger partial charge on any atom is 0.264 e. The van der Waals surface area contributed by atoms with E-state index in [9.17, 15) is 13.2 Å². The monoisotopic (exact) mass is 471 g/mol. The summed E-state index contributed by atoms with van der Waals surface area (Å²) in [5.74, 6) is -0.307. The molecule has 0 fully saturated rings. The van der Waals surface area contributed by atoms with E-state index in [1.54, 1.807) is 60.7 Å². The molecule has 9 heteroatoms. The molecule has 0 aliphatic carbocycles. The summed E-state index contributed by atoms with van der Waals surface area (Å²) in [6, 6.07) is 20.0. The number of nitrogens with zero attached hydrogens (tertiary/aromatic N) is 2. The van der Waals surface area contributed by atoms with Gasteiger partial charge in [-0.3, -0.25) is 9.10 Å². The molecule has 0 unspecified atom stereocenters. The van der Waals surface area contributed by atoms with Crippen LogP contribution < -0.4 is 14.5 Å². The minimum absolute atomic E-state index is 0.0518. The molecule has 0 atom stereocenters. The Labute approximate surface area is 192 Å². The minimum atomic E-state index is -4.06. The van der Waals surface area contributed by atoms with Gasteiger partial charge in [-0.15, -0.1) is 0 Å². The number of anilines is 1. The molecule has 0 radical (unpaired) electrons. The Morgan fingerprint density at radius 1 is 1.09 bits per heavy atom. The summed E-state index contributed by atoms with van der Waals surface area (Å²) in [7, 11) is -2.62. The number of rotatable bonds is 8. The first-order valence-electron chi connectivity index (χ1n) is 9.62. The standard InChI is InChI=1S/C23H22ClN3O4S/c1-17-12-13-22(31-2)21(14-17)27(32(29,30)19-9-4-3-5-10-19)16-23(28)26-25-15-18-8-6-7-11-20(18)24/h3-15H,16H2,1-2H3,(H,26,28)/b25-15-. The summed E-state index contributed by atoms with van der Waals surface area (Å²) in [5.41, 5.74) is 4.04. The summed E-state index contributed by atoms with van der Waals surface area (Å²) in [6.07, 6.45) is 1.39. The Kier molecular flexibility index (Phi) is 7.50. The molecule has 0 aromatic heterocycles. The van der Waals surface area contributed by atoms with Gasteiger partial charge in [0, 0.05) is 10.6 Å². The largest absolute Gasteiger partial charge is 0.495 e. The number of aryl methyl sites for hydroxylation is 1. The zero-order valence-corrected chi connectivity index (χ0v) is 19.1. The number of hydrogen-bond acceptors (Lipinski definition) is 5. The maximum absolute atomic E-state index is 13.4. The Hall–Kier alpha value is -3.36. The van der Waals surface area contributed by atoms with Crippen molar-refractivity contribution in [3.8, 4) is 5.75 Å². The number of carbonyl (C=O) groups excluding carboxylic acids is 1. The summed E-state index contributed by atoms with van der Waals surface area (Å²) in [6.45, 7) is 1.32. The number of methoxy groups -OCH3 is 1. The molecule has 7 nitrogen and oxygen atoms in total. The average Bonchev–Trinajstić information content (AvgIpc) is 2.79. The Bertz CT molecular complexity index is 1230. The third-order valence-electron chi connectivity index (χ3n) is 4.52. The lowest BCUT2D eigenvalue weighted by Crippen LogP contribution is -2.39. The quantitative estimate of drug-likeness (QED) is 0.397. The highest BCUT2D eigenvalue weighted by molar-refractivity contribution is 7.92. The number of hydrogen-bond donors (Lipinski definition) is 1. The van der Waals surface area contributed by atoms with Gasteiger partial charge in [-0.1, -0.05) is 54.1 Å². The average molecular weight is 472 g/mol. The van der Waals surface area contributed by atoms with Crippen molar-refractivity contribution in [1.29, 1.82) is 0 Å². The van der Waals surface area contributed by atoms with E-state index in [0.717, 1.165) is 9.87 Å². The van der Waals surface area contributed by atoms with Crippen molar-refractivity contribution in [2.75, 3.05) is 18.0 Å². The van der Waals surface area contributed by atoms with Gasteiger partial charge in [-0.05, 0) is 42.8 Å². The highest BCUT2D eigenvalue weighted by Crippen LogP contribution is 2.33. The van der Waals surface area contributed by atoms with E-state index in [-0.39, 0.29) is 10.6 Å². The number of sulfonamides is 1. The van der Waals surface area contributed by atoms with Crippen molar-refractivity contribution in [2.45, 2.75) is 11.8 Å². The second kappa shape index (κ2) is 10.3. The van der Waals surface area contributed by atoms with Crippen LogP contribution in [0, 0.1) is 6.92 Å². The zero-order valence-electron chi connectivity index (χ0n) is 17.5. The van der Waals surface area contributed by atoms with Gasteiger partial charge in [0.2, 0.25) is 0 Å². The van der Waals surface area contributed by atoms with Gasteiger partial charge in [0.15, 0.2) is 0 Å². The highest BCUT2D eigenvalue weighted by atomic mass is 35.5. The molecule has 3 aromatic carbocycles. The van der Waals surface area contributed by atoms with E-state index in [2.05, 4.69) is 10.5 Å². The predicted molar refractivity (Wildman–Crippen MR) is 126 cm³/mol. The lowest BCUT2D eigenvalue weighted by Gasteiger charge is -2.25. The van der Waals surface area contributed by atoms with Crippen molar-refractivity contribution in [3.63, 3.8) is 0 Å². The van der Waals surface area contributed by atoms with E-state index in [0.29, 0.717) is 16.3 Å². The van der Waals surface area contributed by atoms with Crippen molar-refractivity contribution >= 4 is 39.4 Å². The highest BCUT2D eigenvalue weighted by Gasteiger charge is 2.29. The fraction of sp³-hybridized carbons (Fsp3) is 0.130. The molecule has 0 aliphatic heterocycles. The third kappa shape index (κ3) is 5.46. The van der Waals surface area contributed by atoms with Crippen LogP contribution in [-0.4, -0.2) is 34.2 Å².